The molecule has 0 atom stereocenters. The van der Waals surface area contributed by atoms with E-state index in [1.807, 2.05) is 0 Å². The number of hydrogen-bond acceptors (Lipinski definition) is 5. The van der Waals surface area contributed by atoms with Gasteiger partial charge in [-0.15, -0.1) is 0 Å². The molecule has 1 aliphatic heterocycles. The largest absolute Gasteiger partial charge is 0.464 e. The Morgan fingerprint density at radius 3 is 2.45 bits per heavy atom. The van der Waals surface area contributed by atoms with Gasteiger partial charge in [0.05, 0.1) is 6.54 Å². The highest BCUT2D eigenvalue weighted by atomic mass is 32.2. The van der Waals surface area contributed by atoms with Crippen molar-refractivity contribution in [2.24, 2.45) is 5.73 Å². The molecule has 0 radical (unpaired) electrons. The van der Waals surface area contributed by atoms with Crippen molar-refractivity contribution >= 4 is 10.0 Å². The molecule has 3 rings (SSSR count). The van der Waals surface area contributed by atoms with Crippen molar-refractivity contribution in [2.75, 3.05) is 26.2 Å². The second kappa shape index (κ2) is 5.14. The maximum atomic E-state index is 12.6. The minimum Gasteiger partial charge on any atom is -0.464 e. The Morgan fingerprint density at radius 2 is 1.95 bits per heavy atom. The van der Waals surface area contributed by atoms with Crippen LogP contribution in [0.25, 0.3) is 0 Å². The van der Waals surface area contributed by atoms with E-state index >= 15 is 0 Å². The van der Waals surface area contributed by atoms with Crippen molar-refractivity contribution in [3.8, 4) is 0 Å². The van der Waals surface area contributed by atoms with Crippen LogP contribution >= 0.6 is 0 Å². The standard InChI is InChI=1S/C13H21N3O3S/c1-10-13(8-12(9-14)19-10)20(17,18)16-6-4-15(5-7-16)11-2-3-11/h8,11H,2-7,9,14H2,1H3. The first-order valence-corrected chi connectivity index (χ1v) is 8.50. The first-order valence-electron chi connectivity index (χ1n) is 7.06. The van der Waals surface area contributed by atoms with Crippen molar-refractivity contribution in [1.29, 1.82) is 0 Å². The summed E-state index contributed by atoms with van der Waals surface area (Å²) in [4.78, 5) is 2.65. The number of rotatable bonds is 4. The average molecular weight is 299 g/mol. The van der Waals surface area contributed by atoms with Crippen LogP contribution in [0.4, 0.5) is 0 Å². The van der Waals surface area contributed by atoms with Gasteiger partial charge in [-0.25, -0.2) is 8.42 Å². The zero-order chi connectivity index (χ0) is 14.3. The number of nitrogens with two attached hydrogens (primary N) is 1. The number of furan rings is 1. The molecular formula is C13H21N3O3S. The molecule has 2 heterocycles. The van der Waals surface area contributed by atoms with Crippen LogP contribution in [0.1, 0.15) is 24.4 Å². The van der Waals surface area contributed by atoms with Crippen molar-refractivity contribution in [2.45, 2.75) is 37.2 Å². The molecule has 6 nitrogen and oxygen atoms in total. The van der Waals surface area contributed by atoms with Crippen molar-refractivity contribution < 1.29 is 12.8 Å². The molecule has 0 amide bonds. The average Bonchev–Trinajstić information content (AvgIpc) is 3.21. The zero-order valence-corrected chi connectivity index (χ0v) is 12.5. The number of nitrogens with zero attached hydrogens (tertiary/aromatic N) is 2. The Kier molecular flexibility index (Phi) is 3.62. The van der Waals surface area contributed by atoms with Crippen LogP contribution in [0.3, 0.4) is 0 Å². The highest BCUT2D eigenvalue weighted by molar-refractivity contribution is 7.89. The summed E-state index contributed by atoms with van der Waals surface area (Å²) in [6.45, 7) is 4.65. The fourth-order valence-corrected chi connectivity index (χ4v) is 4.38. The van der Waals surface area contributed by atoms with Crippen LogP contribution in [-0.4, -0.2) is 49.8 Å². The molecule has 1 aromatic heterocycles. The maximum Gasteiger partial charge on any atom is 0.246 e. The lowest BCUT2D eigenvalue weighted by atomic mass is 10.3. The smallest absolute Gasteiger partial charge is 0.246 e. The van der Waals surface area contributed by atoms with E-state index in [0.717, 1.165) is 13.1 Å². The van der Waals surface area contributed by atoms with Crippen LogP contribution in [0.5, 0.6) is 0 Å². The van der Waals surface area contributed by atoms with Gasteiger partial charge in [-0.2, -0.15) is 4.31 Å². The predicted molar refractivity (Wildman–Crippen MR) is 74.7 cm³/mol. The molecule has 1 aromatic rings. The van der Waals surface area contributed by atoms with Crippen LogP contribution in [0, 0.1) is 6.92 Å². The molecule has 2 fully saturated rings. The molecule has 1 saturated carbocycles. The second-order valence-corrected chi connectivity index (χ2v) is 7.41. The minimum atomic E-state index is -3.45. The van der Waals surface area contributed by atoms with Crippen molar-refractivity contribution in [1.82, 2.24) is 9.21 Å². The van der Waals surface area contributed by atoms with Crippen LogP contribution in [0.2, 0.25) is 0 Å². The van der Waals surface area contributed by atoms with Crippen LogP contribution in [0.15, 0.2) is 15.4 Å². The summed E-state index contributed by atoms with van der Waals surface area (Å²) in [5, 5.41) is 0. The summed E-state index contributed by atoms with van der Waals surface area (Å²) in [5.41, 5.74) is 5.50. The Bertz CT molecular complexity index is 584. The normalized spacial score (nSPS) is 22.3. The summed E-state index contributed by atoms with van der Waals surface area (Å²) in [6.07, 6.45) is 2.51. The summed E-state index contributed by atoms with van der Waals surface area (Å²) < 4.78 is 32.2. The van der Waals surface area contributed by atoms with Gasteiger partial charge in [0.2, 0.25) is 10.0 Å². The van der Waals surface area contributed by atoms with Crippen LogP contribution in [-0.2, 0) is 16.6 Å². The fraction of sp³-hybridized carbons (Fsp3) is 0.692. The molecule has 2 aliphatic rings. The first kappa shape index (κ1) is 14.1. The van der Waals surface area contributed by atoms with Crippen molar-refractivity contribution in [3.05, 3.63) is 17.6 Å². The Morgan fingerprint density at radius 1 is 1.30 bits per heavy atom. The summed E-state index contributed by atoms with van der Waals surface area (Å²) in [5.74, 6) is 0.938. The van der Waals surface area contributed by atoms with Gasteiger partial charge >= 0.3 is 0 Å². The molecule has 112 valence electrons. The SMILES string of the molecule is Cc1oc(CN)cc1S(=O)(=O)N1CCN(C2CC2)CC1. The highest BCUT2D eigenvalue weighted by Gasteiger charge is 2.36. The van der Waals surface area contributed by atoms with E-state index in [-0.39, 0.29) is 11.4 Å². The Labute approximate surface area is 119 Å². The van der Waals surface area contributed by atoms with E-state index in [9.17, 15) is 8.42 Å². The summed E-state index contributed by atoms with van der Waals surface area (Å²) in [6, 6.07) is 2.25. The zero-order valence-electron chi connectivity index (χ0n) is 11.7. The van der Waals surface area contributed by atoms with Gasteiger partial charge in [0, 0.05) is 38.3 Å². The van der Waals surface area contributed by atoms with E-state index in [4.69, 9.17) is 10.2 Å². The molecular weight excluding hydrogens is 278 g/mol. The van der Waals surface area contributed by atoms with Gasteiger partial charge in [-0.05, 0) is 19.8 Å². The highest BCUT2D eigenvalue weighted by Crippen LogP contribution is 2.29. The van der Waals surface area contributed by atoms with E-state index in [1.54, 1.807) is 17.3 Å². The van der Waals surface area contributed by atoms with E-state index in [1.165, 1.54) is 12.8 Å². The Balaban J connectivity index is 1.76. The molecule has 0 spiro atoms. The lowest BCUT2D eigenvalue weighted by Crippen LogP contribution is -2.49. The summed E-state index contributed by atoms with van der Waals surface area (Å²) in [7, 11) is -3.45. The third-order valence-electron chi connectivity index (χ3n) is 4.08. The molecule has 0 aromatic carbocycles. The molecule has 2 N–H and O–H groups in total. The topological polar surface area (TPSA) is 79.8 Å². The minimum absolute atomic E-state index is 0.214. The van der Waals surface area contributed by atoms with E-state index in [0.29, 0.717) is 30.7 Å². The monoisotopic (exact) mass is 299 g/mol. The predicted octanol–water partition coefficient (Wildman–Crippen LogP) is 0.515. The van der Waals surface area contributed by atoms with Gasteiger partial charge in [-0.1, -0.05) is 0 Å². The van der Waals surface area contributed by atoms with E-state index < -0.39 is 10.0 Å². The quantitative estimate of drug-likeness (QED) is 0.876. The second-order valence-electron chi connectivity index (χ2n) is 5.51. The third kappa shape index (κ3) is 2.50. The van der Waals surface area contributed by atoms with Gasteiger partial charge in [0.25, 0.3) is 0 Å². The summed E-state index contributed by atoms with van der Waals surface area (Å²) >= 11 is 0. The Hall–Kier alpha value is -0.890. The molecule has 0 bridgehead atoms. The molecule has 20 heavy (non-hydrogen) atoms. The number of hydrogen-bond donors (Lipinski definition) is 1. The fourth-order valence-electron chi connectivity index (χ4n) is 2.77. The number of sulfonamides is 1. The lowest BCUT2D eigenvalue weighted by Gasteiger charge is -2.33. The van der Waals surface area contributed by atoms with Crippen LogP contribution < -0.4 is 5.73 Å². The third-order valence-corrected chi connectivity index (χ3v) is 6.08. The maximum absolute atomic E-state index is 12.6. The lowest BCUT2D eigenvalue weighted by molar-refractivity contribution is 0.180. The van der Waals surface area contributed by atoms with E-state index in [2.05, 4.69) is 4.90 Å². The number of piperazine rings is 1. The first-order chi connectivity index (χ1) is 9.52. The van der Waals surface area contributed by atoms with Gasteiger partial charge < -0.3 is 10.2 Å². The molecule has 7 heteroatoms. The molecule has 1 saturated heterocycles. The van der Waals surface area contributed by atoms with Gasteiger partial charge in [-0.3, -0.25) is 4.90 Å². The van der Waals surface area contributed by atoms with Crippen molar-refractivity contribution in [3.63, 3.8) is 0 Å². The van der Waals surface area contributed by atoms with Gasteiger partial charge in [0.1, 0.15) is 16.4 Å². The molecule has 1 aliphatic carbocycles. The van der Waals surface area contributed by atoms with Gasteiger partial charge in [0.15, 0.2) is 0 Å². The number of aryl methyl sites for hydroxylation is 1. The molecule has 0 unspecified atom stereocenters.